The molecule has 0 unspecified atom stereocenters. The van der Waals surface area contributed by atoms with E-state index in [1.807, 2.05) is 42.6 Å². The molecule has 0 aliphatic rings. The van der Waals surface area contributed by atoms with Crippen molar-refractivity contribution >= 4 is 5.97 Å². The monoisotopic (exact) mass is 245 g/mol. The Morgan fingerprint density at radius 2 is 2.06 bits per heavy atom. The molecule has 0 atom stereocenters. The Morgan fingerprint density at radius 1 is 1.22 bits per heavy atom. The molecular formula is C14H15NO3. The van der Waals surface area contributed by atoms with Crippen LogP contribution in [0.5, 0.6) is 5.75 Å². The summed E-state index contributed by atoms with van der Waals surface area (Å²) in [4.78, 5) is 14.3. The first-order valence-corrected chi connectivity index (χ1v) is 5.69. The summed E-state index contributed by atoms with van der Waals surface area (Å²) in [5, 5.41) is 0. The Hall–Kier alpha value is -2.23. The number of rotatable bonds is 5. The fraction of sp³-hybridized carbons (Fsp3) is 0.214. The third-order valence-corrected chi connectivity index (χ3v) is 2.58. The first-order chi connectivity index (χ1) is 8.79. The molecule has 0 aliphatic carbocycles. The van der Waals surface area contributed by atoms with Crippen molar-refractivity contribution in [2.24, 2.45) is 0 Å². The maximum atomic E-state index is 11.3. The van der Waals surface area contributed by atoms with Crippen LogP contribution in [0.3, 0.4) is 0 Å². The number of aromatic amines is 1. The first kappa shape index (κ1) is 12.2. The molecule has 1 N–H and O–H groups in total. The Bertz CT molecular complexity index is 506. The number of hydrogen-bond donors (Lipinski definition) is 1. The molecule has 18 heavy (non-hydrogen) atoms. The van der Waals surface area contributed by atoms with Gasteiger partial charge in [0.25, 0.3) is 0 Å². The van der Waals surface area contributed by atoms with Crippen LogP contribution in [0.1, 0.15) is 11.3 Å². The molecule has 0 aliphatic heterocycles. The third-order valence-electron chi connectivity index (χ3n) is 2.58. The van der Waals surface area contributed by atoms with Gasteiger partial charge in [0.2, 0.25) is 0 Å². The zero-order chi connectivity index (χ0) is 12.8. The Morgan fingerprint density at radius 3 is 2.78 bits per heavy atom. The van der Waals surface area contributed by atoms with E-state index in [0.29, 0.717) is 12.4 Å². The van der Waals surface area contributed by atoms with Crippen LogP contribution in [0.2, 0.25) is 0 Å². The molecule has 94 valence electrons. The van der Waals surface area contributed by atoms with Gasteiger partial charge in [-0.05, 0) is 18.2 Å². The van der Waals surface area contributed by atoms with Crippen molar-refractivity contribution in [3.05, 3.63) is 53.9 Å². The average molecular weight is 245 g/mol. The highest BCUT2D eigenvalue weighted by molar-refractivity contribution is 5.73. The number of H-pyrrole nitrogens is 1. The molecule has 0 saturated carbocycles. The van der Waals surface area contributed by atoms with Crippen molar-refractivity contribution in [3.63, 3.8) is 0 Å². The molecule has 1 aromatic carbocycles. The summed E-state index contributed by atoms with van der Waals surface area (Å²) in [6.07, 6.45) is 2.07. The van der Waals surface area contributed by atoms with Gasteiger partial charge in [0.1, 0.15) is 12.4 Å². The van der Waals surface area contributed by atoms with Gasteiger partial charge in [-0.3, -0.25) is 4.79 Å². The second-order valence-electron chi connectivity index (χ2n) is 3.84. The molecule has 1 heterocycles. The van der Waals surface area contributed by atoms with Gasteiger partial charge in [0.05, 0.1) is 19.2 Å². The van der Waals surface area contributed by atoms with Crippen LogP contribution < -0.4 is 4.74 Å². The minimum Gasteiger partial charge on any atom is -0.487 e. The molecule has 0 amide bonds. The van der Waals surface area contributed by atoms with Crippen molar-refractivity contribution in [2.45, 2.75) is 13.0 Å². The molecule has 0 bridgehead atoms. The highest BCUT2D eigenvalue weighted by atomic mass is 16.5. The number of aromatic nitrogens is 1. The van der Waals surface area contributed by atoms with E-state index >= 15 is 0 Å². The highest BCUT2D eigenvalue weighted by Crippen LogP contribution is 2.20. The van der Waals surface area contributed by atoms with Gasteiger partial charge in [-0.2, -0.15) is 0 Å². The molecule has 0 radical (unpaired) electrons. The maximum absolute atomic E-state index is 11.3. The fourth-order valence-corrected chi connectivity index (χ4v) is 1.63. The van der Waals surface area contributed by atoms with Crippen molar-refractivity contribution in [2.75, 3.05) is 7.11 Å². The normalized spacial score (nSPS) is 10.1. The third kappa shape index (κ3) is 3.13. The Balaban J connectivity index is 2.05. The van der Waals surface area contributed by atoms with Crippen LogP contribution in [0.25, 0.3) is 0 Å². The summed E-state index contributed by atoms with van der Waals surface area (Å²) in [7, 11) is 1.38. The molecule has 2 aromatic rings. The van der Waals surface area contributed by atoms with E-state index in [4.69, 9.17) is 4.74 Å². The Kier molecular flexibility index (Phi) is 4.02. The second-order valence-corrected chi connectivity index (χ2v) is 3.84. The zero-order valence-electron chi connectivity index (χ0n) is 10.2. The largest absolute Gasteiger partial charge is 0.487 e. The summed E-state index contributed by atoms with van der Waals surface area (Å²) >= 11 is 0. The average Bonchev–Trinajstić information content (AvgIpc) is 2.91. The van der Waals surface area contributed by atoms with Crippen LogP contribution in [0.4, 0.5) is 0 Å². The van der Waals surface area contributed by atoms with E-state index in [2.05, 4.69) is 9.72 Å². The number of nitrogens with one attached hydrogen (secondary N) is 1. The zero-order valence-corrected chi connectivity index (χ0v) is 10.2. The lowest BCUT2D eigenvalue weighted by molar-refractivity contribution is -0.139. The van der Waals surface area contributed by atoms with E-state index in [-0.39, 0.29) is 12.4 Å². The number of carbonyl (C=O) groups excluding carboxylic acids is 1. The van der Waals surface area contributed by atoms with Gasteiger partial charge < -0.3 is 14.5 Å². The predicted octanol–water partition coefficient (Wildman–Crippen LogP) is 2.31. The van der Waals surface area contributed by atoms with Gasteiger partial charge in [-0.1, -0.05) is 18.2 Å². The molecule has 0 fully saturated rings. The minimum atomic E-state index is -0.272. The maximum Gasteiger partial charge on any atom is 0.310 e. The van der Waals surface area contributed by atoms with Crippen molar-refractivity contribution in [1.29, 1.82) is 0 Å². The van der Waals surface area contributed by atoms with Crippen LogP contribution >= 0.6 is 0 Å². The van der Waals surface area contributed by atoms with Crippen molar-refractivity contribution in [1.82, 2.24) is 4.98 Å². The quantitative estimate of drug-likeness (QED) is 0.822. The van der Waals surface area contributed by atoms with Gasteiger partial charge in [-0.25, -0.2) is 0 Å². The summed E-state index contributed by atoms with van der Waals surface area (Å²) in [5.41, 5.74) is 1.82. The number of carbonyl (C=O) groups is 1. The van der Waals surface area contributed by atoms with Crippen LogP contribution in [0, 0.1) is 0 Å². The van der Waals surface area contributed by atoms with E-state index in [9.17, 15) is 4.79 Å². The predicted molar refractivity (Wildman–Crippen MR) is 67.3 cm³/mol. The second kappa shape index (κ2) is 5.91. The highest BCUT2D eigenvalue weighted by Gasteiger charge is 2.08. The summed E-state index contributed by atoms with van der Waals surface area (Å²) in [6.45, 7) is 0.450. The van der Waals surface area contributed by atoms with Gasteiger partial charge >= 0.3 is 5.97 Å². The summed E-state index contributed by atoms with van der Waals surface area (Å²) < 4.78 is 10.3. The van der Waals surface area contributed by atoms with Crippen LogP contribution in [-0.2, 0) is 22.6 Å². The number of hydrogen-bond acceptors (Lipinski definition) is 3. The van der Waals surface area contributed by atoms with E-state index < -0.39 is 0 Å². The SMILES string of the molecule is COC(=O)Cc1ccccc1OCc1ccc[nH]1. The van der Waals surface area contributed by atoms with E-state index in [1.165, 1.54) is 7.11 Å². The van der Waals surface area contributed by atoms with Crippen LogP contribution in [-0.4, -0.2) is 18.1 Å². The van der Waals surface area contributed by atoms with Crippen LogP contribution in [0.15, 0.2) is 42.6 Å². The van der Waals surface area contributed by atoms with E-state index in [0.717, 1.165) is 11.3 Å². The summed E-state index contributed by atoms with van der Waals surface area (Å²) in [5.74, 6) is 0.434. The molecular weight excluding hydrogens is 230 g/mol. The summed E-state index contributed by atoms with van der Waals surface area (Å²) in [6, 6.07) is 11.3. The van der Waals surface area contributed by atoms with Crippen molar-refractivity contribution in [3.8, 4) is 5.75 Å². The topological polar surface area (TPSA) is 51.3 Å². The Labute approximate surface area is 106 Å². The molecule has 0 spiro atoms. The molecule has 4 heteroatoms. The van der Waals surface area contributed by atoms with E-state index in [1.54, 1.807) is 0 Å². The van der Waals surface area contributed by atoms with Gasteiger partial charge in [0.15, 0.2) is 0 Å². The molecule has 0 saturated heterocycles. The number of benzene rings is 1. The number of esters is 1. The molecule has 1 aromatic heterocycles. The lowest BCUT2D eigenvalue weighted by Crippen LogP contribution is -2.06. The smallest absolute Gasteiger partial charge is 0.310 e. The number of para-hydroxylation sites is 1. The van der Waals surface area contributed by atoms with Crippen molar-refractivity contribution < 1.29 is 14.3 Å². The number of methoxy groups -OCH3 is 1. The standard InChI is InChI=1S/C14H15NO3/c1-17-14(16)9-11-5-2-3-7-13(11)18-10-12-6-4-8-15-12/h2-8,15H,9-10H2,1H3. The first-order valence-electron chi connectivity index (χ1n) is 5.69. The van der Waals surface area contributed by atoms with Gasteiger partial charge in [0, 0.05) is 11.8 Å². The number of ether oxygens (including phenoxy) is 2. The minimum absolute atomic E-state index is 0.220. The molecule has 4 nitrogen and oxygen atoms in total. The lowest BCUT2D eigenvalue weighted by atomic mass is 10.1. The van der Waals surface area contributed by atoms with Gasteiger partial charge in [-0.15, -0.1) is 0 Å². The fourth-order valence-electron chi connectivity index (χ4n) is 1.63. The lowest BCUT2D eigenvalue weighted by Gasteiger charge is -2.10. The molecule has 2 rings (SSSR count).